The molecule has 4 aromatic rings. The first-order chi connectivity index (χ1) is 13.7. The number of aromatic nitrogens is 2. The Hall–Kier alpha value is -3.74. The molecule has 0 aliphatic rings. The summed E-state index contributed by atoms with van der Waals surface area (Å²) in [6.45, 7) is 0. The molecule has 28 heavy (non-hydrogen) atoms. The summed E-state index contributed by atoms with van der Waals surface area (Å²) in [5.74, 6) is 0.782. The van der Waals surface area contributed by atoms with Gasteiger partial charge in [0.1, 0.15) is 5.82 Å². The summed E-state index contributed by atoms with van der Waals surface area (Å²) in [6.07, 6.45) is 2.05. The van der Waals surface area contributed by atoms with Crippen LogP contribution in [0.25, 0.3) is 11.6 Å². The molecule has 2 heterocycles. The van der Waals surface area contributed by atoms with E-state index in [2.05, 4.69) is 15.5 Å². The lowest BCUT2D eigenvalue weighted by molar-refractivity contribution is -0.115. The van der Waals surface area contributed by atoms with Crippen LogP contribution < -0.4 is 5.32 Å². The number of amides is 1. The smallest absolute Gasteiger partial charge is 0.238 e. The van der Waals surface area contributed by atoms with Crippen molar-refractivity contribution in [2.45, 2.75) is 12.8 Å². The fourth-order valence-electron chi connectivity index (χ4n) is 2.77. The second kappa shape index (κ2) is 7.87. The molecule has 0 fully saturated rings. The third-order valence-corrected chi connectivity index (χ3v) is 4.12. The van der Waals surface area contributed by atoms with Crippen molar-refractivity contribution in [2.24, 2.45) is 0 Å². The molecule has 2 aromatic carbocycles. The number of furan rings is 1. The number of rotatable bonds is 6. The van der Waals surface area contributed by atoms with Gasteiger partial charge in [-0.1, -0.05) is 35.5 Å². The molecule has 6 nitrogen and oxygen atoms in total. The third kappa shape index (κ3) is 4.15. The normalized spacial score (nSPS) is 10.8. The number of benzene rings is 2. The topological polar surface area (TPSA) is 81.2 Å². The van der Waals surface area contributed by atoms with Crippen LogP contribution in [0.1, 0.15) is 17.0 Å². The third-order valence-electron chi connectivity index (χ3n) is 4.12. The van der Waals surface area contributed by atoms with E-state index in [0.717, 1.165) is 11.1 Å². The van der Waals surface area contributed by atoms with Crippen molar-refractivity contribution in [3.05, 3.63) is 89.8 Å². The predicted molar refractivity (Wildman–Crippen MR) is 100.0 cm³/mol. The van der Waals surface area contributed by atoms with Crippen LogP contribution in [0, 0.1) is 5.82 Å². The summed E-state index contributed by atoms with van der Waals surface area (Å²) < 4.78 is 23.5. The Bertz CT molecular complexity index is 1070. The van der Waals surface area contributed by atoms with Gasteiger partial charge in [-0.3, -0.25) is 4.79 Å². The highest BCUT2D eigenvalue weighted by molar-refractivity contribution is 5.93. The van der Waals surface area contributed by atoms with Crippen molar-refractivity contribution >= 4 is 11.6 Å². The van der Waals surface area contributed by atoms with E-state index in [1.54, 1.807) is 24.3 Å². The first-order valence-corrected chi connectivity index (χ1v) is 8.66. The summed E-state index contributed by atoms with van der Waals surface area (Å²) >= 11 is 0. The summed E-state index contributed by atoms with van der Waals surface area (Å²) in [6, 6.07) is 16.7. The number of para-hydroxylation sites is 1. The highest BCUT2D eigenvalue weighted by Gasteiger charge is 2.14. The van der Waals surface area contributed by atoms with Crippen LogP contribution in [-0.2, 0) is 17.6 Å². The Kier molecular flexibility index (Phi) is 4.97. The van der Waals surface area contributed by atoms with Crippen LogP contribution in [0.2, 0.25) is 0 Å². The molecule has 0 saturated carbocycles. The zero-order chi connectivity index (χ0) is 19.3. The maximum absolute atomic E-state index is 13.0. The molecule has 0 spiro atoms. The van der Waals surface area contributed by atoms with Crippen molar-refractivity contribution < 1.29 is 18.1 Å². The largest absolute Gasteiger partial charge is 0.461 e. The number of carbonyl (C=O) groups excluding carboxylic acids is 1. The molecule has 1 N–H and O–H groups in total. The predicted octanol–water partition coefficient (Wildman–Crippen LogP) is 4.24. The highest BCUT2D eigenvalue weighted by Crippen LogP contribution is 2.21. The molecular weight excluding hydrogens is 361 g/mol. The van der Waals surface area contributed by atoms with Gasteiger partial charge in [-0.2, -0.15) is 4.98 Å². The Balaban J connectivity index is 1.46. The van der Waals surface area contributed by atoms with Gasteiger partial charge in [-0.05, 0) is 41.5 Å². The monoisotopic (exact) mass is 377 g/mol. The molecule has 140 valence electrons. The molecule has 0 aliphatic carbocycles. The standard InChI is InChI=1S/C21H16FN3O3/c22-16-9-7-14(8-10-16)12-19(26)23-17-5-2-1-4-15(17)13-20-24-21(25-28-20)18-6-3-11-27-18/h1-11H,12-13H2,(H,23,26). The van der Waals surface area contributed by atoms with Gasteiger partial charge in [0.2, 0.25) is 17.6 Å². The van der Waals surface area contributed by atoms with E-state index in [-0.39, 0.29) is 18.1 Å². The minimum Gasteiger partial charge on any atom is -0.461 e. The van der Waals surface area contributed by atoms with Crippen LogP contribution in [0.15, 0.2) is 75.9 Å². The quantitative estimate of drug-likeness (QED) is 0.543. The van der Waals surface area contributed by atoms with E-state index in [9.17, 15) is 9.18 Å². The van der Waals surface area contributed by atoms with Crippen molar-refractivity contribution in [3.8, 4) is 11.6 Å². The van der Waals surface area contributed by atoms with E-state index >= 15 is 0 Å². The minimum absolute atomic E-state index is 0.151. The van der Waals surface area contributed by atoms with E-state index in [0.29, 0.717) is 29.6 Å². The van der Waals surface area contributed by atoms with E-state index in [1.165, 1.54) is 18.4 Å². The van der Waals surface area contributed by atoms with Crippen molar-refractivity contribution in [1.29, 1.82) is 0 Å². The molecular formula is C21H16FN3O3. The first-order valence-electron chi connectivity index (χ1n) is 8.66. The first kappa shape index (κ1) is 17.7. The van der Waals surface area contributed by atoms with Gasteiger partial charge in [-0.15, -0.1) is 0 Å². The SMILES string of the molecule is O=C(Cc1ccc(F)cc1)Nc1ccccc1Cc1nc(-c2ccco2)no1. The van der Waals surface area contributed by atoms with Crippen LogP contribution in [0.3, 0.4) is 0 Å². The Morgan fingerprint density at radius 1 is 1.04 bits per heavy atom. The lowest BCUT2D eigenvalue weighted by atomic mass is 10.1. The number of nitrogens with one attached hydrogen (secondary N) is 1. The number of anilines is 1. The molecule has 0 aliphatic heterocycles. The van der Waals surface area contributed by atoms with Gasteiger partial charge < -0.3 is 14.3 Å². The maximum atomic E-state index is 13.0. The zero-order valence-corrected chi connectivity index (χ0v) is 14.8. The molecule has 0 unspecified atom stereocenters. The summed E-state index contributed by atoms with van der Waals surface area (Å²) in [5, 5.41) is 6.80. The van der Waals surface area contributed by atoms with E-state index in [1.807, 2.05) is 24.3 Å². The average Bonchev–Trinajstić information content (AvgIpc) is 3.37. The Morgan fingerprint density at radius 2 is 1.86 bits per heavy atom. The lowest BCUT2D eigenvalue weighted by Crippen LogP contribution is -2.15. The van der Waals surface area contributed by atoms with E-state index < -0.39 is 0 Å². The van der Waals surface area contributed by atoms with Crippen LogP contribution in [0.4, 0.5) is 10.1 Å². The van der Waals surface area contributed by atoms with Crippen molar-refractivity contribution in [3.63, 3.8) is 0 Å². The maximum Gasteiger partial charge on any atom is 0.238 e. The number of nitrogens with zero attached hydrogens (tertiary/aromatic N) is 2. The number of hydrogen-bond acceptors (Lipinski definition) is 5. The molecule has 1 amide bonds. The zero-order valence-electron chi connectivity index (χ0n) is 14.8. The van der Waals surface area contributed by atoms with Gasteiger partial charge in [0.25, 0.3) is 0 Å². The van der Waals surface area contributed by atoms with Gasteiger partial charge in [0.15, 0.2) is 5.76 Å². The van der Waals surface area contributed by atoms with Crippen LogP contribution in [-0.4, -0.2) is 16.0 Å². The Labute approximate surface area is 160 Å². The van der Waals surface area contributed by atoms with Gasteiger partial charge in [0, 0.05) is 5.69 Å². The van der Waals surface area contributed by atoms with Gasteiger partial charge in [0.05, 0.1) is 19.1 Å². The number of carbonyl (C=O) groups is 1. The van der Waals surface area contributed by atoms with Crippen molar-refractivity contribution in [1.82, 2.24) is 10.1 Å². The van der Waals surface area contributed by atoms with E-state index in [4.69, 9.17) is 8.94 Å². The molecule has 7 heteroatoms. The fraction of sp³-hybridized carbons (Fsp3) is 0.0952. The second-order valence-electron chi connectivity index (χ2n) is 6.17. The summed E-state index contributed by atoms with van der Waals surface area (Å²) in [4.78, 5) is 16.7. The number of hydrogen-bond donors (Lipinski definition) is 1. The lowest BCUT2D eigenvalue weighted by Gasteiger charge is -2.10. The second-order valence-corrected chi connectivity index (χ2v) is 6.17. The molecule has 0 atom stereocenters. The molecule has 4 rings (SSSR count). The van der Waals surface area contributed by atoms with Crippen molar-refractivity contribution in [2.75, 3.05) is 5.32 Å². The summed E-state index contributed by atoms with van der Waals surface area (Å²) in [7, 11) is 0. The van der Waals surface area contributed by atoms with Crippen LogP contribution in [0.5, 0.6) is 0 Å². The minimum atomic E-state index is -0.331. The van der Waals surface area contributed by atoms with Gasteiger partial charge >= 0.3 is 0 Å². The number of halogens is 1. The highest BCUT2D eigenvalue weighted by atomic mass is 19.1. The van der Waals surface area contributed by atoms with Crippen LogP contribution >= 0.6 is 0 Å². The summed E-state index contributed by atoms with van der Waals surface area (Å²) in [5.41, 5.74) is 2.23. The molecule has 0 bridgehead atoms. The molecule has 0 saturated heterocycles. The average molecular weight is 377 g/mol. The van der Waals surface area contributed by atoms with Gasteiger partial charge in [-0.25, -0.2) is 4.39 Å². The molecule has 0 radical (unpaired) electrons. The molecule has 2 aromatic heterocycles. The fourth-order valence-corrected chi connectivity index (χ4v) is 2.77. The Morgan fingerprint density at radius 3 is 2.64 bits per heavy atom.